The molecule has 0 amide bonds. The van der Waals surface area contributed by atoms with Gasteiger partial charge in [-0.25, -0.2) is 0 Å². The number of rotatable bonds is 6. The fraction of sp³-hybridized carbons (Fsp3) is 0.231. The minimum Gasteiger partial charge on any atom is -0.497 e. The summed E-state index contributed by atoms with van der Waals surface area (Å²) in [6.45, 7) is 1.28. The van der Waals surface area contributed by atoms with E-state index in [-0.39, 0.29) is 6.04 Å². The lowest BCUT2D eigenvalue weighted by Gasteiger charge is -2.26. The van der Waals surface area contributed by atoms with E-state index in [2.05, 4.69) is 82.4 Å². The summed E-state index contributed by atoms with van der Waals surface area (Å²) >= 11 is 10.7. The van der Waals surface area contributed by atoms with Gasteiger partial charge in [-0.1, -0.05) is 22.0 Å². The normalized spacial score (nSPS) is 15.3. The highest BCUT2D eigenvalue weighted by Gasteiger charge is 2.26. The van der Waals surface area contributed by atoms with Crippen LogP contribution in [-0.4, -0.2) is 25.7 Å². The second-order valence-corrected chi connectivity index (χ2v) is 10.7. The molecule has 2 heterocycles. The van der Waals surface area contributed by atoms with Crippen LogP contribution in [0.25, 0.3) is 10.9 Å². The standard InChI is InChI=1S/C26H23Br3N2O3/c1-32-17-4-5-22-19(12-17)18-7-8-30-24(25(18)31-22)14-3-6-23(33-2)15(9-14)13-34-26-20(28)10-16(27)11-21(26)29/h3-6,9-12,24,30-31H,7-8,13H2,1-2H3/t24-/m1/s1. The highest BCUT2D eigenvalue weighted by atomic mass is 79.9. The maximum atomic E-state index is 6.20. The number of nitrogens with one attached hydrogen (secondary N) is 2. The van der Waals surface area contributed by atoms with Gasteiger partial charge in [0.1, 0.15) is 23.9 Å². The van der Waals surface area contributed by atoms with Gasteiger partial charge in [-0.05, 0) is 91.9 Å². The highest BCUT2D eigenvalue weighted by Crippen LogP contribution is 2.39. The molecule has 1 atom stereocenters. The van der Waals surface area contributed by atoms with Crippen molar-refractivity contribution in [3.05, 3.63) is 84.3 Å². The second kappa shape index (κ2) is 9.93. The number of methoxy groups -OCH3 is 2. The lowest BCUT2D eigenvalue weighted by Crippen LogP contribution is -2.30. The largest absolute Gasteiger partial charge is 0.497 e. The van der Waals surface area contributed by atoms with E-state index in [1.54, 1.807) is 14.2 Å². The minimum absolute atomic E-state index is 0.0537. The van der Waals surface area contributed by atoms with Crippen LogP contribution in [0.2, 0.25) is 0 Å². The summed E-state index contributed by atoms with van der Waals surface area (Å²) in [6, 6.07) is 16.5. The van der Waals surface area contributed by atoms with Crippen LogP contribution >= 0.6 is 47.8 Å². The van der Waals surface area contributed by atoms with E-state index in [1.807, 2.05) is 24.3 Å². The van der Waals surface area contributed by atoms with Crippen LogP contribution in [0.5, 0.6) is 17.2 Å². The van der Waals surface area contributed by atoms with Gasteiger partial charge in [-0.2, -0.15) is 0 Å². The molecule has 0 aliphatic carbocycles. The van der Waals surface area contributed by atoms with Crippen LogP contribution in [0.15, 0.2) is 61.9 Å². The molecule has 0 fully saturated rings. The van der Waals surface area contributed by atoms with Crippen molar-refractivity contribution in [3.63, 3.8) is 0 Å². The molecule has 176 valence electrons. The van der Waals surface area contributed by atoms with Gasteiger partial charge >= 0.3 is 0 Å². The Kier molecular flexibility index (Phi) is 6.93. The smallest absolute Gasteiger partial charge is 0.148 e. The van der Waals surface area contributed by atoms with Crippen molar-refractivity contribution in [2.45, 2.75) is 19.1 Å². The van der Waals surface area contributed by atoms with Crippen LogP contribution in [0.1, 0.15) is 28.4 Å². The van der Waals surface area contributed by atoms with Crippen molar-refractivity contribution in [1.29, 1.82) is 0 Å². The maximum absolute atomic E-state index is 6.20. The Balaban J connectivity index is 1.49. The van der Waals surface area contributed by atoms with E-state index in [0.29, 0.717) is 6.61 Å². The molecule has 0 saturated carbocycles. The zero-order chi connectivity index (χ0) is 23.8. The van der Waals surface area contributed by atoms with Gasteiger partial charge in [0.15, 0.2) is 0 Å². The van der Waals surface area contributed by atoms with E-state index in [4.69, 9.17) is 14.2 Å². The van der Waals surface area contributed by atoms with Crippen LogP contribution in [0, 0.1) is 0 Å². The summed E-state index contributed by atoms with van der Waals surface area (Å²) in [5.41, 5.74) is 5.81. The van der Waals surface area contributed by atoms with E-state index >= 15 is 0 Å². The third-order valence-corrected chi connectivity index (χ3v) is 7.77. The summed E-state index contributed by atoms with van der Waals surface area (Å²) < 4.78 is 20.0. The van der Waals surface area contributed by atoms with E-state index in [0.717, 1.165) is 60.3 Å². The summed E-state index contributed by atoms with van der Waals surface area (Å²) in [4.78, 5) is 3.64. The Morgan fingerprint density at radius 2 is 1.74 bits per heavy atom. The van der Waals surface area contributed by atoms with Crippen LogP contribution < -0.4 is 19.5 Å². The Bertz CT molecular complexity index is 1350. The van der Waals surface area contributed by atoms with Crippen molar-refractivity contribution in [3.8, 4) is 17.2 Å². The number of benzene rings is 3. The molecular weight excluding hydrogens is 628 g/mol. The molecule has 0 spiro atoms. The molecule has 0 saturated heterocycles. The first kappa shape index (κ1) is 23.7. The monoisotopic (exact) mass is 648 g/mol. The third kappa shape index (κ3) is 4.49. The SMILES string of the molecule is COc1ccc2[nH]c3c(c2c1)CCN[C@@H]3c1ccc(OC)c(COc2c(Br)cc(Br)cc2Br)c1. The number of fused-ring (bicyclic) bond motifs is 3. The van der Waals surface area contributed by atoms with Gasteiger partial charge in [-0.3, -0.25) is 0 Å². The molecule has 1 aliphatic rings. The van der Waals surface area contributed by atoms with Crippen molar-refractivity contribution in [2.75, 3.05) is 20.8 Å². The maximum Gasteiger partial charge on any atom is 0.148 e. The van der Waals surface area contributed by atoms with E-state index in [1.165, 1.54) is 16.6 Å². The summed E-state index contributed by atoms with van der Waals surface area (Å²) in [5.74, 6) is 2.42. The average Bonchev–Trinajstić information content (AvgIpc) is 3.21. The van der Waals surface area contributed by atoms with Gasteiger partial charge in [-0.15, -0.1) is 0 Å². The molecule has 34 heavy (non-hydrogen) atoms. The van der Waals surface area contributed by atoms with Crippen LogP contribution in [0.4, 0.5) is 0 Å². The molecule has 5 nitrogen and oxygen atoms in total. The Hall–Kier alpha value is -2.00. The first-order valence-electron chi connectivity index (χ1n) is 10.8. The molecule has 0 unspecified atom stereocenters. The quantitative estimate of drug-likeness (QED) is 0.230. The number of hydrogen-bond donors (Lipinski definition) is 2. The van der Waals surface area contributed by atoms with E-state index < -0.39 is 0 Å². The molecule has 3 aromatic carbocycles. The van der Waals surface area contributed by atoms with Crippen LogP contribution in [-0.2, 0) is 13.0 Å². The summed E-state index contributed by atoms with van der Waals surface area (Å²) in [7, 11) is 3.39. The fourth-order valence-corrected chi connectivity index (χ4v) is 7.01. The predicted octanol–water partition coefficient (Wildman–Crippen LogP) is 7.29. The highest BCUT2D eigenvalue weighted by molar-refractivity contribution is 9.11. The van der Waals surface area contributed by atoms with Gasteiger partial charge in [0.25, 0.3) is 0 Å². The number of ether oxygens (including phenoxy) is 3. The number of H-pyrrole nitrogens is 1. The topological polar surface area (TPSA) is 55.5 Å². The van der Waals surface area contributed by atoms with Crippen molar-refractivity contribution in [2.24, 2.45) is 0 Å². The molecule has 2 N–H and O–H groups in total. The number of hydrogen-bond acceptors (Lipinski definition) is 4. The van der Waals surface area contributed by atoms with Crippen LogP contribution in [0.3, 0.4) is 0 Å². The Labute approximate surface area is 223 Å². The fourth-order valence-electron chi connectivity index (χ4n) is 4.53. The number of halogens is 3. The lowest BCUT2D eigenvalue weighted by atomic mass is 9.93. The number of aromatic amines is 1. The second-order valence-electron chi connectivity index (χ2n) is 8.12. The first-order valence-corrected chi connectivity index (χ1v) is 13.2. The van der Waals surface area contributed by atoms with Gasteiger partial charge in [0.2, 0.25) is 0 Å². The molecule has 1 aromatic heterocycles. The Morgan fingerprint density at radius 3 is 2.47 bits per heavy atom. The number of aromatic nitrogens is 1. The summed E-state index contributed by atoms with van der Waals surface area (Å²) in [5, 5.41) is 4.90. The molecule has 5 rings (SSSR count). The molecule has 0 radical (unpaired) electrons. The zero-order valence-electron chi connectivity index (χ0n) is 18.7. The van der Waals surface area contributed by atoms with E-state index in [9.17, 15) is 0 Å². The molecule has 1 aliphatic heterocycles. The molecule has 4 aromatic rings. The minimum atomic E-state index is 0.0537. The van der Waals surface area contributed by atoms with Crippen molar-refractivity contribution >= 4 is 58.7 Å². The third-order valence-electron chi connectivity index (χ3n) is 6.13. The lowest BCUT2D eigenvalue weighted by molar-refractivity contribution is 0.293. The molecular formula is C26H23Br3N2O3. The van der Waals surface area contributed by atoms with Gasteiger partial charge < -0.3 is 24.5 Å². The van der Waals surface area contributed by atoms with Gasteiger partial charge in [0, 0.05) is 33.2 Å². The predicted molar refractivity (Wildman–Crippen MR) is 145 cm³/mol. The first-order chi connectivity index (χ1) is 16.5. The summed E-state index contributed by atoms with van der Waals surface area (Å²) in [6.07, 6.45) is 0.969. The van der Waals surface area contributed by atoms with Crippen molar-refractivity contribution < 1.29 is 14.2 Å². The average molecular weight is 651 g/mol. The van der Waals surface area contributed by atoms with Gasteiger partial charge in [0.05, 0.1) is 29.2 Å². The zero-order valence-corrected chi connectivity index (χ0v) is 23.4. The molecule has 8 heteroatoms. The molecule has 0 bridgehead atoms. The van der Waals surface area contributed by atoms with Crippen molar-refractivity contribution in [1.82, 2.24) is 10.3 Å². The Morgan fingerprint density at radius 1 is 0.941 bits per heavy atom.